The number of ether oxygens (including phenoxy) is 1. The van der Waals surface area contributed by atoms with E-state index in [2.05, 4.69) is 30.9 Å². The van der Waals surface area contributed by atoms with E-state index in [4.69, 9.17) is 15.0 Å². The molecule has 0 fully saturated rings. The van der Waals surface area contributed by atoms with Crippen molar-refractivity contribution in [1.82, 2.24) is 10.1 Å². The lowest BCUT2D eigenvalue weighted by Crippen LogP contribution is -2.14. The average Bonchev–Trinajstić information content (AvgIpc) is 2.77. The van der Waals surface area contributed by atoms with Gasteiger partial charge in [-0.3, -0.25) is 0 Å². The van der Waals surface area contributed by atoms with Crippen LogP contribution in [0.5, 0.6) is 0 Å². The van der Waals surface area contributed by atoms with Crippen molar-refractivity contribution < 1.29 is 9.26 Å². The highest BCUT2D eigenvalue weighted by molar-refractivity contribution is 4.95. The number of aromatic nitrogens is 2. The second-order valence-corrected chi connectivity index (χ2v) is 4.96. The Morgan fingerprint density at radius 2 is 2.06 bits per heavy atom. The van der Waals surface area contributed by atoms with E-state index in [-0.39, 0.29) is 12.1 Å². The number of nitrogens with two attached hydrogens (primary N) is 1. The van der Waals surface area contributed by atoms with Crippen molar-refractivity contribution in [3.8, 4) is 0 Å². The Bertz CT molecular complexity index is 333. The van der Waals surface area contributed by atoms with Crippen molar-refractivity contribution >= 4 is 0 Å². The van der Waals surface area contributed by atoms with Crippen LogP contribution in [-0.2, 0) is 4.74 Å². The molecule has 2 N–H and O–H groups in total. The molecule has 104 valence electrons. The molecular weight excluding hydrogens is 230 g/mol. The van der Waals surface area contributed by atoms with Crippen LogP contribution in [0.2, 0.25) is 0 Å². The highest BCUT2D eigenvalue weighted by Crippen LogP contribution is 2.23. The monoisotopic (exact) mass is 255 g/mol. The van der Waals surface area contributed by atoms with Crippen molar-refractivity contribution in [2.24, 2.45) is 11.7 Å². The summed E-state index contributed by atoms with van der Waals surface area (Å²) in [5.74, 6) is 1.64. The minimum atomic E-state index is -0.185. The predicted octanol–water partition coefficient (Wildman–Crippen LogP) is 2.99. The van der Waals surface area contributed by atoms with Gasteiger partial charge in [0.2, 0.25) is 11.7 Å². The van der Waals surface area contributed by atoms with Gasteiger partial charge in [-0.15, -0.1) is 0 Å². The molecule has 1 heterocycles. The normalized spacial score (nSPS) is 15.0. The Labute approximate surface area is 109 Å². The summed E-state index contributed by atoms with van der Waals surface area (Å²) >= 11 is 0. The number of rotatable bonds is 8. The lowest BCUT2D eigenvalue weighted by atomic mass is 10.0. The Hall–Kier alpha value is -0.940. The zero-order valence-electron chi connectivity index (χ0n) is 11.8. The molecule has 0 bridgehead atoms. The smallest absolute Gasteiger partial charge is 0.243 e. The summed E-state index contributed by atoms with van der Waals surface area (Å²) < 4.78 is 10.9. The maximum absolute atomic E-state index is 6.02. The summed E-state index contributed by atoms with van der Waals surface area (Å²) in [6, 6.07) is -0.185. The lowest BCUT2D eigenvalue weighted by molar-refractivity contribution is 0.0477. The fourth-order valence-corrected chi connectivity index (χ4v) is 1.89. The quantitative estimate of drug-likeness (QED) is 0.773. The van der Waals surface area contributed by atoms with E-state index < -0.39 is 0 Å². The maximum Gasteiger partial charge on any atom is 0.243 e. The molecule has 5 nitrogen and oxygen atoms in total. The van der Waals surface area contributed by atoms with Crippen LogP contribution in [0.25, 0.3) is 0 Å². The molecule has 0 radical (unpaired) electrons. The minimum Gasteiger partial charge on any atom is -0.370 e. The first-order chi connectivity index (χ1) is 8.58. The summed E-state index contributed by atoms with van der Waals surface area (Å²) in [5, 5.41) is 3.99. The van der Waals surface area contributed by atoms with Crippen molar-refractivity contribution in [3.63, 3.8) is 0 Å². The zero-order valence-corrected chi connectivity index (χ0v) is 11.8. The molecule has 0 aliphatic carbocycles. The van der Waals surface area contributed by atoms with Crippen LogP contribution in [0.3, 0.4) is 0 Å². The molecule has 1 unspecified atom stereocenters. The van der Waals surface area contributed by atoms with E-state index in [1.54, 1.807) is 0 Å². The molecule has 18 heavy (non-hydrogen) atoms. The van der Waals surface area contributed by atoms with Crippen molar-refractivity contribution in [3.05, 3.63) is 11.7 Å². The van der Waals surface area contributed by atoms with E-state index in [9.17, 15) is 0 Å². The van der Waals surface area contributed by atoms with Crippen molar-refractivity contribution in [2.75, 3.05) is 6.61 Å². The van der Waals surface area contributed by atoms with E-state index >= 15 is 0 Å². The Morgan fingerprint density at radius 1 is 1.33 bits per heavy atom. The molecule has 0 aromatic carbocycles. The van der Waals surface area contributed by atoms with E-state index in [1.807, 2.05) is 6.92 Å². The van der Waals surface area contributed by atoms with Gasteiger partial charge in [-0.1, -0.05) is 32.3 Å². The second-order valence-electron chi connectivity index (χ2n) is 4.96. The lowest BCUT2D eigenvalue weighted by Gasteiger charge is -2.11. The first kappa shape index (κ1) is 15.1. The SMILES string of the molecule is CCCC(OCC)c1noc([C@H](N)CC(C)C)n1. The number of hydrogen-bond acceptors (Lipinski definition) is 5. The molecular formula is C13H25N3O2. The average molecular weight is 255 g/mol. The van der Waals surface area contributed by atoms with Gasteiger partial charge in [-0.25, -0.2) is 0 Å². The van der Waals surface area contributed by atoms with Gasteiger partial charge in [0.25, 0.3) is 0 Å². The van der Waals surface area contributed by atoms with Crippen LogP contribution in [0, 0.1) is 5.92 Å². The third kappa shape index (κ3) is 4.38. The van der Waals surface area contributed by atoms with Gasteiger partial charge in [0.15, 0.2) is 0 Å². The van der Waals surface area contributed by atoms with E-state index in [0.717, 1.165) is 19.3 Å². The van der Waals surface area contributed by atoms with E-state index in [1.165, 1.54) is 0 Å². The molecule has 0 aliphatic rings. The third-order valence-corrected chi connectivity index (χ3v) is 2.71. The van der Waals surface area contributed by atoms with Crippen LogP contribution in [-0.4, -0.2) is 16.7 Å². The van der Waals surface area contributed by atoms with Gasteiger partial charge in [-0.05, 0) is 25.7 Å². The summed E-state index contributed by atoms with van der Waals surface area (Å²) in [6.45, 7) is 8.96. The molecule has 0 amide bonds. The Morgan fingerprint density at radius 3 is 2.61 bits per heavy atom. The molecule has 2 atom stereocenters. The summed E-state index contributed by atoms with van der Waals surface area (Å²) in [7, 11) is 0. The minimum absolute atomic E-state index is 0.0799. The van der Waals surface area contributed by atoms with Gasteiger partial charge >= 0.3 is 0 Å². The highest BCUT2D eigenvalue weighted by atomic mass is 16.5. The Balaban J connectivity index is 2.70. The molecule has 5 heteroatoms. The molecule has 0 saturated carbocycles. The molecule has 1 aromatic rings. The highest BCUT2D eigenvalue weighted by Gasteiger charge is 2.21. The largest absolute Gasteiger partial charge is 0.370 e. The number of nitrogens with zero attached hydrogens (tertiary/aromatic N) is 2. The predicted molar refractivity (Wildman–Crippen MR) is 70.0 cm³/mol. The van der Waals surface area contributed by atoms with Gasteiger partial charge in [0.05, 0.1) is 6.04 Å². The van der Waals surface area contributed by atoms with Gasteiger partial charge < -0.3 is 15.0 Å². The Kier molecular flexibility index (Phi) is 6.29. The van der Waals surface area contributed by atoms with Crippen LogP contribution in [0.4, 0.5) is 0 Å². The molecule has 0 spiro atoms. The molecule has 0 saturated heterocycles. The van der Waals surface area contributed by atoms with Crippen molar-refractivity contribution in [1.29, 1.82) is 0 Å². The molecule has 1 aromatic heterocycles. The summed E-state index contributed by atoms with van der Waals surface area (Å²) in [6.07, 6.45) is 2.68. The van der Waals surface area contributed by atoms with Crippen molar-refractivity contribution in [2.45, 2.75) is 59.1 Å². The third-order valence-electron chi connectivity index (χ3n) is 2.71. The molecule has 0 aliphatic heterocycles. The van der Waals surface area contributed by atoms with Crippen LogP contribution < -0.4 is 5.73 Å². The van der Waals surface area contributed by atoms with Gasteiger partial charge in [0.1, 0.15) is 6.10 Å². The van der Waals surface area contributed by atoms with Gasteiger partial charge in [-0.2, -0.15) is 4.98 Å². The summed E-state index contributed by atoms with van der Waals surface area (Å²) in [5.41, 5.74) is 6.02. The fourth-order valence-electron chi connectivity index (χ4n) is 1.89. The number of hydrogen-bond donors (Lipinski definition) is 1. The summed E-state index contributed by atoms with van der Waals surface area (Å²) in [4.78, 5) is 4.37. The standard InChI is InChI=1S/C13H25N3O2/c1-5-7-11(17-6-2)12-15-13(18-16-12)10(14)8-9(3)4/h9-11H,5-8,14H2,1-4H3/t10-,11?/m1/s1. The van der Waals surface area contributed by atoms with Crippen LogP contribution >= 0.6 is 0 Å². The molecule has 1 rings (SSSR count). The topological polar surface area (TPSA) is 74.2 Å². The first-order valence-corrected chi connectivity index (χ1v) is 6.79. The first-order valence-electron chi connectivity index (χ1n) is 6.79. The zero-order chi connectivity index (χ0) is 13.5. The maximum atomic E-state index is 6.02. The van der Waals surface area contributed by atoms with Crippen LogP contribution in [0.15, 0.2) is 4.52 Å². The second kappa shape index (κ2) is 7.48. The fraction of sp³-hybridized carbons (Fsp3) is 0.846. The van der Waals surface area contributed by atoms with E-state index in [0.29, 0.717) is 24.2 Å². The van der Waals surface area contributed by atoms with Gasteiger partial charge in [0, 0.05) is 6.61 Å². The van der Waals surface area contributed by atoms with Crippen LogP contribution in [0.1, 0.15) is 70.8 Å².